The van der Waals surface area contributed by atoms with Crippen LogP contribution < -0.4 is 0 Å². The monoisotopic (exact) mass is 293 g/mol. The molecule has 19 heavy (non-hydrogen) atoms. The third kappa shape index (κ3) is 1.70. The predicted molar refractivity (Wildman–Crippen MR) is 80.4 cm³/mol. The summed E-state index contributed by atoms with van der Waals surface area (Å²) in [5.41, 5.74) is 2.13. The van der Waals surface area contributed by atoms with Crippen LogP contribution in [0.1, 0.15) is 25.3 Å². The number of H-pyrrole nitrogens is 1. The molecule has 2 aliphatic rings. The molecule has 2 aromatic rings. The van der Waals surface area contributed by atoms with Gasteiger partial charge in [-0.25, -0.2) is 0 Å². The summed E-state index contributed by atoms with van der Waals surface area (Å²) in [6.07, 6.45) is 3.77. The van der Waals surface area contributed by atoms with E-state index < -0.39 is 0 Å². The van der Waals surface area contributed by atoms with Gasteiger partial charge in [-0.15, -0.1) is 0 Å². The zero-order valence-electron chi connectivity index (χ0n) is 10.6. The first-order valence-electron chi connectivity index (χ1n) is 6.88. The average Bonchev–Trinajstić information content (AvgIpc) is 3.02. The minimum absolute atomic E-state index is 0.476. The van der Waals surface area contributed by atoms with Crippen LogP contribution in [0, 0.1) is 4.77 Å². The van der Waals surface area contributed by atoms with E-state index in [1.54, 1.807) is 0 Å². The van der Waals surface area contributed by atoms with E-state index >= 15 is 0 Å². The molecule has 3 heterocycles. The van der Waals surface area contributed by atoms with E-state index in [9.17, 15) is 0 Å². The first-order chi connectivity index (χ1) is 9.25. The highest BCUT2D eigenvalue weighted by Crippen LogP contribution is 2.39. The maximum absolute atomic E-state index is 6.40. The molecule has 0 aliphatic carbocycles. The Morgan fingerprint density at radius 1 is 1.21 bits per heavy atom. The Balaban J connectivity index is 1.91. The minimum Gasteiger partial charge on any atom is -0.331 e. The molecule has 0 spiro atoms. The number of hydrogen-bond donors (Lipinski definition) is 1. The van der Waals surface area contributed by atoms with Crippen LogP contribution in [0.25, 0.3) is 11.0 Å². The highest BCUT2D eigenvalue weighted by atomic mass is 35.5. The maximum atomic E-state index is 6.40. The quantitative estimate of drug-likeness (QED) is 0.810. The fourth-order valence-electron chi connectivity index (χ4n) is 3.81. The number of halogens is 1. The zero-order valence-corrected chi connectivity index (χ0v) is 12.2. The summed E-state index contributed by atoms with van der Waals surface area (Å²) in [7, 11) is 0. The van der Waals surface area contributed by atoms with Gasteiger partial charge in [0, 0.05) is 12.6 Å². The highest BCUT2D eigenvalue weighted by molar-refractivity contribution is 7.71. The van der Waals surface area contributed by atoms with Gasteiger partial charge in [-0.05, 0) is 50.2 Å². The third-order valence-corrected chi connectivity index (χ3v) is 5.19. The summed E-state index contributed by atoms with van der Waals surface area (Å²) < 4.78 is 3.07. The van der Waals surface area contributed by atoms with Crippen LogP contribution in [0.15, 0.2) is 18.2 Å². The summed E-state index contributed by atoms with van der Waals surface area (Å²) in [6, 6.07) is 7.08. The summed E-state index contributed by atoms with van der Waals surface area (Å²) in [5.74, 6) is 0. The van der Waals surface area contributed by atoms with Crippen LogP contribution in [-0.4, -0.2) is 33.6 Å². The average molecular weight is 294 g/mol. The Bertz CT molecular complexity index is 690. The molecule has 1 N–H and O–H groups in total. The molecule has 3 nitrogen and oxygen atoms in total. The Morgan fingerprint density at radius 3 is 3.00 bits per heavy atom. The molecule has 2 unspecified atom stereocenters. The molecule has 4 rings (SSSR count). The number of nitrogens with one attached hydrogen (secondary N) is 1. The lowest BCUT2D eigenvalue weighted by Crippen LogP contribution is -2.27. The second-order valence-electron chi connectivity index (χ2n) is 5.54. The topological polar surface area (TPSA) is 24.0 Å². The molecular weight excluding hydrogens is 278 g/mol. The number of benzene rings is 1. The minimum atomic E-state index is 0.476. The van der Waals surface area contributed by atoms with Gasteiger partial charge < -0.3 is 9.55 Å². The van der Waals surface area contributed by atoms with Crippen LogP contribution in [-0.2, 0) is 0 Å². The number of aromatic nitrogens is 2. The number of nitrogens with zero attached hydrogens (tertiary/aromatic N) is 2. The molecule has 1 aromatic heterocycles. The van der Waals surface area contributed by atoms with Crippen LogP contribution >= 0.6 is 23.8 Å². The van der Waals surface area contributed by atoms with Gasteiger partial charge in [0.2, 0.25) is 0 Å². The second-order valence-corrected chi connectivity index (χ2v) is 6.33. The van der Waals surface area contributed by atoms with Crippen molar-refractivity contribution in [3.8, 4) is 0 Å². The van der Waals surface area contributed by atoms with Gasteiger partial charge in [0.15, 0.2) is 4.77 Å². The molecule has 0 saturated carbocycles. The van der Waals surface area contributed by atoms with Gasteiger partial charge in [-0.1, -0.05) is 17.7 Å². The normalized spacial score (nSPS) is 27.2. The van der Waals surface area contributed by atoms with E-state index in [4.69, 9.17) is 23.8 Å². The first kappa shape index (κ1) is 11.9. The molecular formula is C14H16ClN3S. The molecule has 100 valence electrons. The summed E-state index contributed by atoms with van der Waals surface area (Å²) in [4.78, 5) is 5.90. The molecule has 2 fully saturated rings. The van der Waals surface area contributed by atoms with E-state index in [0.29, 0.717) is 12.1 Å². The molecule has 1 aromatic carbocycles. The number of hydrogen-bond acceptors (Lipinski definition) is 2. The van der Waals surface area contributed by atoms with Crippen molar-refractivity contribution in [1.29, 1.82) is 0 Å². The van der Waals surface area contributed by atoms with Crippen LogP contribution in [0.2, 0.25) is 5.02 Å². The van der Waals surface area contributed by atoms with E-state index in [1.165, 1.54) is 32.4 Å². The molecule has 5 heteroatoms. The van der Waals surface area contributed by atoms with E-state index in [-0.39, 0.29) is 0 Å². The van der Waals surface area contributed by atoms with Gasteiger partial charge in [0.1, 0.15) is 0 Å². The van der Waals surface area contributed by atoms with Crippen LogP contribution in [0.3, 0.4) is 0 Å². The van der Waals surface area contributed by atoms with Crippen LogP contribution in [0.4, 0.5) is 0 Å². The van der Waals surface area contributed by atoms with E-state index in [0.717, 1.165) is 20.8 Å². The third-order valence-electron chi connectivity index (χ3n) is 4.59. The Hall–Kier alpha value is -0.840. The van der Waals surface area contributed by atoms with Crippen molar-refractivity contribution in [2.24, 2.45) is 0 Å². The molecule has 2 atom stereocenters. The first-order valence-corrected chi connectivity index (χ1v) is 7.67. The molecule has 2 aliphatic heterocycles. The van der Waals surface area contributed by atoms with Crippen molar-refractivity contribution in [2.75, 3.05) is 13.1 Å². The summed E-state index contributed by atoms with van der Waals surface area (Å²) in [6.45, 7) is 2.43. The lowest BCUT2D eigenvalue weighted by molar-refractivity contribution is 0.291. The Labute approximate surface area is 122 Å². The highest BCUT2D eigenvalue weighted by Gasteiger charge is 2.39. The lowest BCUT2D eigenvalue weighted by atomic mass is 10.1. The number of fused-ring (bicyclic) bond motifs is 2. The fourth-order valence-corrected chi connectivity index (χ4v) is 4.41. The summed E-state index contributed by atoms with van der Waals surface area (Å²) in [5, 5.41) is 0.793. The zero-order chi connectivity index (χ0) is 13.0. The van der Waals surface area contributed by atoms with Crippen LogP contribution in [0.5, 0.6) is 0 Å². The van der Waals surface area contributed by atoms with Crippen molar-refractivity contribution >= 4 is 34.9 Å². The van der Waals surface area contributed by atoms with E-state index in [1.807, 2.05) is 12.1 Å². The number of para-hydroxylation sites is 1. The summed E-state index contributed by atoms with van der Waals surface area (Å²) >= 11 is 11.9. The lowest BCUT2D eigenvalue weighted by Gasteiger charge is -2.22. The smallest absolute Gasteiger partial charge is 0.178 e. The Kier molecular flexibility index (Phi) is 2.72. The fraction of sp³-hybridized carbons (Fsp3) is 0.500. The molecule has 2 saturated heterocycles. The number of rotatable bonds is 1. The molecule has 0 amide bonds. The van der Waals surface area contributed by atoms with Crippen molar-refractivity contribution in [1.82, 2.24) is 14.5 Å². The SMILES string of the molecule is S=c1[nH]c2cccc(Cl)c2n1C1CCN2CCCC12. The van der Waals surface area contributed by atoms with Gasteiger partial charge in [-0.2, -0.15) is 0 Å². The standard InChI is InChI=1S/C14H16ClN3S/c15-9-3-1-4-10-13(9)18(14(19)16-10)12-6-8-17-7-2-5-11(12)17/h1,3-4,11-12H,2,5-8H2,(H,16,19). The second kappa shape index (κ2) is 4.33. The van der Waals surface area contributed by atoms with Crippen molar-refractivity contribution < 1.29 is 0 Å². The van der Waals surface area contributed by atoms with Crippen molar-refractivity contribution in [3.63, 3.8) is 0 Å². The number of imidazole rings is 1. The van der Waals surface area contributed by atoms with Gasteiger partial charge >= 0.3 is 0 Å². The maximum Gasteiger partial charge on any atom is 0.178 e. The van der Waals surface area contributed by atoms with Crippen molar-refractivity contribution in [3.05, 3.63) is 28.0 Å². The predicted octanol–water partition coefficient (Wildman–Crippen LogP) is 3.76. The molecule has 0 bridgehead atoms. The largest absolute Gasteiger partial charge is 0.331 e. The van der Waals surface area contributed by atoms with Gasteiger partial charge in [0.25, 0.3) is 0 Å². The van der Waals surface area contributed by atoms with E-state index in [2.05, 4.69) is 20.5 Å². The Morgan fingerprint density at radius 2 is 2.11 bits per heavy atom. The van der Waals surface area contributed by atoms with Crippen molar-refractivity contribution in [2.45, 2.75) is 31.3 Å². The number of aromatic amines is 1. The van der Waals surface area contributed by atoms with Gasteiger partial charge in [0.05, 0.1) is 22.1 Å². The van der Waals surface area contributed by atoms with Gasteiger partial charge in [-0.3, -0.25) is 4.90 Å². The molecule has 0 radical (unpaired) electrons.